The molecule has 0 spiro atoms. The van der Waals surface area contributed by atoms with Gasteiger partial charge in [-0.1, -0.05) is 24.3 Å². The van der Waals surface area contributed by atoms with E-state index in [4.69, 9.17) is 13.9 Å². The van der Waals surface area contributed by atoms with Crippen LogP contribution in [0.25, 0.3) is 0 Å². The molecule has 2 aromatic rings. The van der Waals surface area contributed by atoms with Gasteiger partial charge in [0.2, 0.25) is 0 Å². The summed E-state index contributed by atoms with van der Waals surface area (Å²) in [5.74, 6) is 1.39. The Morgan fingerprint density at radius 3 is 2.45 bits per heavy atom. The molecule has 0 aliphatic carbocycles. The minimum Gasteiger partial charge on any atom is -0.493 e. The van der Waals surface area contributed by atoms with Crippen LogP contribution < -0.4 is 19.8 Å². The van der Waals surface area contributed by atoms with Crippen LogP contribution in [0.5, 0.6) is 11.5 Å². The van der Waals surface area contributed by atoms with Crippen molar-refractivity contribution in [1.29, 1.82) is 0 Å². The standard InChI is InChI=1S/C17H18O4Si/c1-19-14-8-13-11-21-22(3,17(13)9-15(14)20-2)16-7-5-4-6-12(16)10-18/h4-10H,11H2,1-3H3. The molecule has 0 saturated carbocycles. The number of hydrogen-bond acceptors (Lipinski definition) is 4. The third-order valence-electron chi connectivity index (χ3n) is 4.24. The summed E-state index contributed by atoms with van der Waals surface area (Å²) in [6.07, 6.45) is 0.899. The van der Waals surface area contributed by atoms with Crippen LogP contribution in [0, 0.1) is 0 Å². The lowest BCUT2D eigenvalue weighted by atomic mass is 10.2. The molecule has 0 N–H and O–H groups in total. The summed E-state index contributed by atoms with van der Waals surface area (Å²) < 4.78 is 17.0. The first-order chi connectivity index (χ1) is 10.6. The molecule has 0 saturated heterocycles. The molecule has 0 radical (unpaired) electrons. The second-order valence-corrected chi connectivity index (χ2v) is 8.82. The Kier molecular flexibility index (Phi) is 3.76. The summed E-state index contributed by atoms with van der Waals surface area (Å²) in [6.45, 7) is 2.65. The molecule has 0 aromatic heterocycles. The first-order valence-corrected chi connectivity index (χ1v) is 9.49. The summed E-state index contributed by atoms with van der Waals surface area (Å²) >= 11 is 0. The third-order valence-corrected chi connectivity index (χ3v) is 7.94. The summed E-state index contributed by atoms with van der Waals surface area (Å²) in [7, 11) is 0.848. The monoisotopic (exact) mass is 314 g/mol. The highest BCUT2D eigenvalue weighted by atomic mass is 28.4. The van der Waals surface area contributed by atoms with Gasteiger partial charge in [0.15, 0.2) is 11.5 Å². The van der Waals surface area contributed by atoms with E-state index in [1.165, 1.54) is 0 Å². The average Bonchev–Trinajstić information content (AvgIpc) is 2.90. The molecule has 4 nitrogen and oxygen atoms in total. The highest BCUT2D eigenvalue weighted by Crippen LogP contribution is 2.31. The van der Waals surface area contributed by atoms with Crippen LogP contribution in [0.2, 0.25) is 6.55 Å². The van der Waals surface area contributed by atoms with Crippen molar-refractivity contribution in [2.45, 2.75) is 13.2 Å². The fourth-order valence-corrected chi connectivity index (χ4v) is 6.36. The predicted octanol–water partition coefficient (Wildman–Crippen LogP) is 1.74. The van der Waals surface area contributed by atoms with Crippen molar-refractivity contribution in [3.8, 4) is 11.5 Å². The van der Waals surface area contributed by atoms with Crippen molar-refractivity contribution >= 4 is 25.0 Å². The maximum Gasteiger partial charge on any atom is 0.254 e. The quantitative estimate of drug-likeness (QED) is 0.637. The molecule has 0 bridgehead atoms. The fourth-order valence-electron chi connectivity index (χ4n) is 3.04. The lowest BCUT2D eigenvalue weighted by molar-refractivity contribution is 0.112. The van der Waals surface area contributed by atoms with Gasteiger partial charge < -0.3 is 13.9 Å². The number of hydrogen-bond donors (Lipinski definition) is 0. The second-order valence-electron chi connectivity index (χ2n) is 5.39. The summed E-state index contributed by atoms with van der Waals surface area (Å²) in [5.41, 5.74) is 1.80. The minimum absolute atomic E-state index is 0.533. The number of aldehydes is 1. The van der Waals surface area contributed by atoms with Gasteiger partial charge in [-0.3, -0.25) is 4.79 Å². The predicted molar refractivity (Wildman–Crippen MR) is 87.1 cm³/mol. The second kappa shape index (κ2) is 5.59. The molecular formula is C17H18O4Si. The maximum absolute atomic E-state index is 11.4. The smallest absolute Gasteiger partial charge is 0.254 e. The highest BCUT2D eigenvalue weighted by Gasteiger charge is 2.43. The van der Waals surface area contributed by atoms with Crippen molar-refractivity contribution in [2.75, 3.05) is 14.2 Å². The van der Waals surface area contributed by atoms with E-state index in [-0.39, 0.29) is 0 Å². The molecule has 5 heteroatoms. The fraction of sp³-hybridized carbons (Fsp3) is 0.235. The lowest BCUT2D eigenvalue weighted by Crippen LogP contribution is -2.56. The van der Waals surface area contributed by atoms with Crippen molar-refractivity contribution in [3.63, 3.8) is 0 Å². The van der Waals surface area contributed by atoms with Crippen LogP contribution in [0.3, 0.4) is 0 Å². The van der Waals surface area contributed by atoms with Gasteiger partial charge in [0, 0.05) is 5.56 Å². The molecule has 114 valence electrons. The number of fused-ring (bicyclic) bond motifs is 1. The molecule has 1 unspecified atom stereocenters. The Labute approximate surface area is 130 Å². The van der Waals surface area contributed by atoms with E-state index >= 15 is 0 Å². The van der Waals surface area contributed by atoms with Gasteiger partial charge in [-0.2, -0.15) is 0 Å². The van der Waals surface area contributed by atoms with Crippen LogP contribution in [0.4, 0.5) is 0 Å². The van der Waals surface area contributed by atoms with E-state index < -0.39 is 8.32 Å². The average molecular weight is 314 g/mol. The number of methoxy groups -OCH3 is 2. The molecule has 0 fully saturated rings. The van der Waals surface area contributed by atoms with Gasteiger partial charge in [0.1, 0.15) is 6.29 Å². The van der Waals surface area contributed by atoms with Crippen molar-refractivity contribution in [3.05, 3.63) is 47.5 Å². The van der Waals surface area contributed by atoms with Crippen LogP contribution >= 0.6 is 0 Å². The molecule has 1 aliphatic heterocycles. The number of rotatable bonds is 4. The van der Waals surface area contributed by atoms with Crippen LogP contribution in [0.15, 0.2) is 36.4 Å². The van der Waals surface area contributed by atoms with Crippen LogP contribution in [0.1, 0.15) is 15.9 Å². The summed E-state index contributed by atoms with van der Waals surface area (Å²) in [6, 6.07) is 11.6. The first kappa shape index (κ1) is 14.8. The Balaban J connectivity index is 2.19. The lowest BCUT2D eigenvalue weighted by Gasteiger charge is -2.24. The summed E-state index contributed by atoms with van der Waals surface area (Å²) in [5, 5.41) is 2.13. The van der Waals surface area contributed by atoms with E-state index in [1.54, 1.807) is 14.2 Å². The molecule has 22 heavy (non-hydrogen) atoms. The molecule has 1 heterocycles. The van der Waals surface area contributed by atoms with Gasteiger partial charge in [0.05, 0.1) is 20.8 Å². The molecule has 1 aliphatic rings. The van der Waals surface area contributed by atoms with E-state index in [9.17, 15) is 4.79 Å². The normalized spacial score (nSPS) is 19.6. The Hall–Kier alpha value is -2.11. The van der Waals surface area contributed by atoms with Crippen LogP contribution in [-0.2, 0) is 11.0 Å². The largest absolute Gasteiger partial charge is 0.493 e. The number of ether oxygens (including phenoxy) is 2. The van der Waals surface area contributed by atoms with Gasteiger partial charge in [-0.15, -0.1) is 0 Å². The van der Waals surface area contributed by atoms with E-state index in [2.05, 4.69) is 6.55 Å². The van der Waals surface area contributed by atoms with Crippen molar-refractivity contribution < 1.29 is 18.7 Å². The highest BCUT2D eigenvalue weighted by molar-refractivity contribution is 6.98. The van der Waals surface area contributed by atoms with E-state index in [1.807, 2.05) is 36.4 Å². The zero-order valence-corrected chi connectivity index (χ0v) is 13.9. The minimum atomic E-state index is -2.40. The van der Waals surface area contributed by atoms with Crippen molar-refractivity contribution in [2.24, 2.45) is 0 Å². The number of carbonyl (C=O) groups excluding carboxylic acids is 1. The SMILES string of the molecule is COc1cc2c(cc1OC)[Si](C)(c1ccccc1C=O)OC2. The zero-order chi connectivity index (χ0) is 15.7. The number of benzene rings is 2. The van der Waals surface area contributed by atoms with Crippen LogP contribution in [-0.4, -0.2) is 28.8 Å². The summed E-state index contributed by atoms with van der Waals surface area (Å²) in [4.78, 5) is 11.4. The first-order valence-electron chi connectivity index (χ1n) is 7.08. The third kappa shape index (κ3) is 2.13. The topological polar surface area (TPSA) is 44.8 Å². The van der Waals surface area contributed by atoms with Gasteiger partial charge >= 0.3 is 0 Å². The molecule has 3 rings (SSSR count). The maximum atomic E-state index is 11.4. The Bertz CT molecular complexity index is 729. The van der Waals surface area contributed by atoms with Gasteiger partial charge in [0.25, 0.3) is 8.32 Å². The molecule has 1 atom stereocenters. The van der Waals surface area contributed by atoms with E-state index in [0.717, 1.165) is 22.2 Å². The zero-order valence-electron chi connectivity index (χ0n) is 12.9. The van der Waals surface area contributed by atoms with Crippen molar-refractivity contribution in [1.82, 2.24) is 0 Å². The molecule has 2 aromatic carbocycles. The molecular weight excluding hydrogens is 296 g/mol. The number of carbonyl (C=O) groups is 1. The van der Waals surface area contributed by atoms with Gasteiger partial charge in [-0.05, 0) is 34.6 Å². The van der Waals surface area contributed by atoms with E-state index in [0.29, 0.717) is 23.7 Å². The van der Waals surface area contributed by atoms with Gasteiger partial charge in [-0.25, -0.2) is 0 Å². The Morgan fingerprint density at radius 2 is 1.77 bits per heavy atom. The Morgan fingerprint density at radius 1 is 1.09 bits per heavy atom. The molecule has 0 amide bonds.